The predicted molar refractivity (Wildman–Crippen MR) is 80.7 cm³/mol. The van der Waals surface area contributed by atoms with E-state index >= 15 is 0 Å². The SMILES string of the molecule is C[C@@H]1CCCC[C@@H]1NC(=O)c1cc(Br)ccc1Br. The Labute approximate surface area is 125 Å². The van der Waals surface area contributed by atoms with Crippen LogP contribution in [0.2, 0.25) is 0 Å². The number of hydrogen-bond acceptors (Lipinski definition) is 1. The molecule has 0 radical (unpaired) electrons. The predicted octanol–water partition coefficient (Wildman–Crippen LogP) is 4.52. The van der Waals surface area contributed by atoms with Crippen LogP contribution in [0.15, 0.2) is 27.1 Å². The van der Waals surface area contributed by atoms with E-state index in [1.807, 2.05) is 18.2 Å². The van der Waals surface area contributed by atoms with Gasteiger partial charge in [-0.15, -0.1) is 0 Å². The average molecular weight is 375 g/mol. The fraction of sp³-hybridized carbons (Fsp3) is 0.500. The lowest BCUT2D eigenvalue weighted by Gasteiger charge is -2.29. The van der Waals surface area contributed by atoms with Crippen LogP contribution in [0.4, 0.5) is 0 Å². The molecule has 0 heterocycles. The van der Waals surface area contributed by atoms with Gasteiger partial charge in [0, 0.05) is 15.0 Å². The van der Waals surface area contributed by atoms with Crippen LogP contribution in [-0.4, -0.2) is 11.9 Å². The molecule has 0 bridgehead atoms. The van der Waals surface area contributed by atoms with Crippen molar-refractivity contribution < 1.29 is 4.79 Å². The van der Waals surface area contributed by atoms with Crippen molar-refractivity contribution in [2.75, 3.05) is 0 Å². The molecular formula is C14H17Br2NO. The molecule has 1 saturated carbocycles. The molecule has 0 unspecified atom stereocenters. The van der Waals surface area contributed by atoms with Crippen LogP contribution in [0.5, 0.6) is 0 Å². The van der Waals surface area contributed by atoms with Crippen LogP contribution < -0.4 is 5.32 Å². The Hall–Kier alpha value is -0.350. The summed E-state index contributed by atoms with van der Waals surface area (Å²) >= 11 is 6.83. The Morgan fingerprint density at radius 1 is 1.28 bits per heavy atom. The molecule has 18 heavy (non-hydrogen) atoms. The van der Waals surface area contributed by atoms with E-state index in [1.165, 1.54) is 19.3 Å². The lowest BCUT2D eigenvalue weighted by Crippen LogP contribution is -2.41. The van der Waals surface area contributed by atoms with Gasteiger partial charge >= 0.3 is 0 Å². The van der Waals surface area contributed by atoms with Gasteiger partial charge in [-0.2, -0.15) is 0 Å². The first kappa shape index (κ1) is 14.1. The van der Waals surface area contributed by atoms with Crippen molar-refractivity contribution in [3.63, 3.8) is 0 Å². The van der Waals surface area contributed by atoms with E-state index in [0.717, 1.165) is 15.4 Å². The third kappa shape index (κ3) is 3.35. The lowest BCUT2D eigenvalue weighted by molar-refractivity contribution is 0.0909. The van der Waals surface area contributed by atoms with Gasteiger partial charge in [0.2, 0.25) is 0 Å². The fourth-order valence-corrected chi connectivity index (χ4v) is 3.24. The van der Waals surface area contributed by atoms with Gasteiger partial charge in [-0.05, 0) is 52.9 Å². The van der Waals surface area contributed by atoms with Crippen molar-refractivity contribution in [1.29, 1.82) is 0 Å². The standard InChI is InChI=1S/C14H17Br2NO/c1-9-4-2-3-5-13(9)17-14(18)11-8-10(15)6-7-12(11)16/h6-9,13H,2-5H2,1H3,(H,17,18)/t9-,13+/m1/s1. The molecule has 1 aliphatic rings. The van der Waals surface area contributed by atoms with Crippen molar-refractivity contribution in [2.24, 2.45) is 5.92 Å². The van der Waals surface area contributed by atoms with Gasteiger partial charge < -0.3 is 5.32 Å². The van der Waals surface area contributed by atoms with E-state index < -0.39 is 0 Å². The minimum absolute atomic E-state index is 0.0157. The van der Waals surface area contributed by atoms with Gasteiger partial charge in [-0.25, -0.2) is 0 Å². The largest absolute Gasteiger partial charge is 0.349 e. The van der Waals surface area contributed by atoms with Gasteiger partial charge in [0.05, 0.1) is 5.56 Å². The summed E-state index contributed by atoms with van der Waals surface area (Å²) in [6.45, 7) is 2.22. The normalized spacial score (nSPS) is 23.7. The summed E-state index contributed by atoms with van der Waals surface area (Å²) in [7, 11) is 0. The smallest absolute Gasteiger partial charge is 0.252 e. The highest BCUT2D eigenvalue weighted by Crippen LogP contribution is 2.25. The van der Waals surface area contributed by atoms with Gasteiger partial charge in [0.1, 0.15) is 0 Å². The van der Waals surface area contributed by atoms with Gasteiger partial charge in [-0.3, -0.25) is 4.79 Å². The van der Waals surface area contributed by atoms with E-state index in [4.69, 9.17) is 0 Å². The summed E-state index contributed by atoms with van der Waals surface area (Å²) < 4.78 is 1.76. The fourth-order valence-electron chi connectivity index (χ4n) is 2.45. The van der Waals surface area contributed by atoms with Crippen LogP contribution in [-0.2, 0) is 0 Å². The number of nitrogens with one attached hydrogen (secondary N) is 1. The van der Waals surface area contributed by atoms with Gasteiger partial charge in [0.25, 0.3) is 5.91 Å². The summed E-state index contributed by atoms with van der Waals surface area (Å²) in [6.07, 6.45) is 4.81. The van der Waals surface area contributed by atoms with E-state index in [-0.39, 0.29) is 5.91 Å². The number of rotatable bonds is 2. The minimum Gasteiger partial charge on any atom is -0.349 e. The Bertz CT molecular complexity index is 447. The molecule has 0 saturated heterocycles. The van der Waals surface area contributed by atoms with Crippen LogP contribution in [0, 0.1) is 5.92 Å². The Balaban J connectivity index is 2.09. The Kier molecular flexibility index (Phi) is 4.84. The number of amides is 1. The van der Waals surface area contributed by atoms with Gasteiger partial charge in [0.15, 0.2) is 0 Å². The third-order valence-corrected chi connectivity index (χ3v) is 4.79. The molecule has 1 aromatic rings. The summed E-state index contributed by atoms with van der Waals surface area (Å²) in [6, 6.07) is 5.98. The van der Waals surface area contributed by atoms with Crippen molar-refractivity contribution in [3.05, 3.63) is 32.7 Å². The first-order valence-corrected chi connectivity index (χ1v) is 7.92. The maximum absolute atomic E-state index is 12.3. The third-order valence-electron chi connectivity index (χ3n) is 3.60. The topological polar surface area (TPSA) is 29.1 Å². The summed E-state index contributed by atoms with van der Waals surface area (Å²) in [4.78, 5) is 12.3. The number of halogens is 2. The maximum Gasteiger partial charge on any atom is 0.252 e. The lowest BCUT2D eigenvalue weighted by atomic mass is 9.86. The number of hydrogen-bond donors (Lipinski definition) is 1. The highest BCUT2D eigenvalue weighted by molar-refractivity contribution is 9.11. The molecule has 1 amide bonds. The second-order valence-corrected chi connectivity index (χ2v) is 6.74. The molecular weight excluding hydrogens is 358 g/mol. The minimum atomic E-state index is 0.0157. The number of carbonyl (C=O) groups is 1. The molecule has 0 spiro atoms. The molecule has 2 atom stereocenters. The maximum atomic E-state index is 12.3. The molecule has 1 aromatic carbocycles. The molecule has 2 rings (SSSR count). The molecule has 1 fully saturated rings. The highest BCUT2D eigenvalue weighted by atomic mass is 79.9. The summed E-state index contributed by atoms with van der Waals surface area (Å²) in [5.41, 5.74) is 0.696. The van der Waals surface area contributed by atoms with Crippen molar-refractivity contribution in [2.45, 2.75) is 38.6 Å². The summed E-state index contributed by atoms with van der Waals surface area (Å²) in [5.74, 6) is 0.593. The van der Waals surface area contributed by atoms with Crippen LogP contribution >= 0.6 is 31.9 Å². The van der Waals surface area contributed by atoms with Crippen molar-refractivity contribution >= 4 is 37.8 Å². The zero-order valence-corrected chi connectivity index (χ0v) is 13.6. The number of carbonyl (C=O) groups excluding carboxylic acids is 1. The van der Waals surface area contributed by atoms with Crippen LogP contribution in [0.3, 0.4) is 0 Å². The quantitative estimate of drug-likeness (QED) is 0.809. The van der Waals surface area contributed by atoms with Crippen molar-refractivity contribution in [1.82, 2.24) is 5.32 Å². The molecule has 4 heteroatoms. The zero-order chi connectivity index (χ0) is 13.1. The molecule has 0 aliphatic heterocycles. The molecule has 1 aliphatic carbocycles. The first-order valence-electron chi connectivity index (χ1n) is 6.34. The van der Waals surface area contributed by atoms with E-state index in [9.17, 15) is 4.79 Å². The van der Waals surface area contributed by atoms with Crippen LogP contribution in [0.25, 0.3) is 0 Å². The Morgan fingerprint density at radius 3 is 2.72 bits per heavy atom. The highest BCUT2D eigenvalue weighted by Gasteiger charge is 2.23. The van der Waals surface area contributed by atoms with Gasteiger partial charge in [-0.1, -0.05) is 35.7 Å². The number of benzene rings is 1. The zero-order valence-electron chi connectivity index (χ0n) is 10.4. The van der Waals surface area contributed by atoms with Crippen molar-refractivity contribution in [3.8, 4) is 0 Å². The second kappa shape index (κ2) is 6.20. The monoisotopic (exact) mass is 373 g/mol. The Morgan fingerprint density at radius 2 is 2.00 bits per heavy atom. The van der Waals surface area contributed by atoms with E-state index in [2.05, 4.69) is 44.1 Å². The average Bonchev–Trinajstić information content (AvgIpc) is 2.35. The molecule has 2 nitrogen and oxygen atoms in total. The van der Waals surface area contributed by atoms with Crippen LogP contribution in [0.1, 0.15) is 43.0 Å². The van der Waals surface area contributed by atoms with E-state index in [0.29, 0.717) is 17.5 Å². The summed E-state index contributed by atoms with van der Waals surface area (Å²) in [5, 5.41) is 3.16. The van der Waals surface area contributed by atoms with E-state index in [1.54, 1.807) is 0 Å². The molecule has 1 N–H and O–H groups in total. The molecule has 98 valence electrons. The molecule has 0 aromatic heterocycles. The first-order chi connectivity index (χ1) is 8.58. The second-order valence-electron chi connectivity index (χ2n) is 4.97.